The average molecular weight is 423 g/mol. The van der Waals surface area contributed by atoms with Crippen molar-refractivity contribution in [3.63, 3.8) is 0 Å². The van der Waals surface area contributed by atoms with E-state index in [1.54, 1.807) is 17.9 Å². The number of fused-ring (bicyclic) bond motifs is 5. The summed E-state index contributed by atoms with van der Waals surface area (Å²) in [5.74, 6) is 0.514. The van der Waals surface area contributed by atoms with Crippen molar-refractivity contribution in [3.8, 4) is 17.0 Å². The second-order valence-electron chi connectivity index (χ2n) is 8.48. The van der Waals surface area contributed by atoms with Gasteiger partial charge in [0.2, 0.25) is 0 Å². The minimum Gasteiger partial charge on any atom is -0.497 e. The first-order chi connectivity index (χ1) is 14.9. The van der Waals surface area contributed by atoms with Crippen LogP contribution < -0.4 is 14.5 Å². The molecule has 5 rings (SSSR count). The number of pyridine rings is 1. The van der Waals surface area contributed by atoms with E-state index in [0.29, 0.717) is 5.69 Å². The second-order valence-corrected chi connectivity index (χ2v) is 8.48. The number of likely N-dealkylation sites (N-methyl/N-ethyl adjacent to an activating group) is 1. The lowest BCUT2D eigenvalue weighted by molar-refractivity contribution is 0.0677. The normalized spacial score (nSPS) is 15.5. The number of benzene rings is 2. The largest absolute Gasteiger partial charge is 0.497 e. The van der Waals surface area contributed by atoms with E-state index in [4.69, 9.17) is 14.6 Å². The topological polar surface area (TPSA) is 42.8 Å². The van der Waals surface area contributed by atoms with Crippen LogP contribution in [0.4, 0.5) is 10.1 Å². The molecule has 0 atom stereocenters. The molecule has 0 spiro atoms. The summed E-state index contributed by atoms with van der Waals surface area (Å²) >= 11 is 0. The molecule has 2 aromatic rings. The molecule has 3 heterocycles. The highest BCUT2D eigenvalue weighted by Crippen LogP contribution is 2.39. The summed E-state index contributed by atoms with van der Waals surface area (Å²) < 4.78 is 22.5. The molecule has 1 saturated heterocycles. The molecule has 0 aromatic heterocycles. The second kappa shape index (κ2) is 7.57. The summed E-state index contributed by atoms with van der Waals surface area (Å²) in [5.41, 5.74) is 3.94. The van der Waals surface area contributed by atoms with Gasteiger partial charge in [-0.25, -0.2) is 9.37 Å². The molecule has 0 radical (unpaired) electrons. The smallest absolute Gasteiger partial charge is 0.147 e. The summed E-state index contributed by atoms with van der Waals surface area (Å²) in [6, 6.07) is 9.32. The molecule has 1 fully saturated rings. The Balaban J connectivity index is 1.75. The molecule has 3 aliphatic rings. The number of piperazine rings is 1. The number of hydrogen-bond donors (Lipinski definition) is 0. The van der Waals surface area contributed by atoms with Crippen LogP contribution in [0.25, 0.3) is 33.1 Å². The molecule has 6 nitrogen and oxygen atoms in total. The molecule has 3 aliphatic heterocycles. The molecule has 0 unspecified atom stereocenters. The number of halogens is 1. The number of ether oxygens (including phenoxy) is 1. The Kier molecular flexibility index (Phi) is 4.85. The van der Waals surface area contributed by atoms with Gasteiger partial charge in [0.1, 0.15) is 17.7 Å². The lowest BCUT2D eigenvalue weighted by atomic mass is 10.0. The third kappa shape index (κ3) is 3.43. The summed E-state index contributed by atoms with van der Waals surface area (Å²) in [4.78, 5) is 15.3. The van der Waals surface area contributed by atoms with Gasteiger partial charge in [-0.15, -0.1) is 0 Å². The molecule has 0 amide bonds. The molecule has 31 heavy (non-hydrogen) atoms. The maximum absolute atomic E-state index is 15.3. The van der Waals surface area contributed by atoms with Crippen LogP contribution in [0.2, 0.25) is 0 Å². The van der Waals surface area contributed by atoms with Gasteiger partial charge < -0.3 is 19.4 Å². The fourth-order valence-electron chi connectivity index (χ4n) is 4.32. The average Bonchev–Trinajstić information content (AvgIpc) is 3.11. The zero-order chi connectivity index (χ0) is 21.7. The van der Waals surface area contributed by atoms with E-state index in [-0.39, 0.29) is 11.9 Å². The molecule has 2 aromatic carbocycles. The van der Waals surface area contributed by atoms with Crippen LogP contribution in [0.15, 0.2) is 36.5 Å². The van der Waals surface area contributed by atoms with Crippen molar-refractivity contribution in [2.24, 2.45) is 0 Å². The van der Waals surface area contributed by atoms with E-state index in [2.05, 4.69) is 16.8 Å². The van der Waals surface area contributed by atoms with Crippen LogP contribution >= 0.6 is 0 Å². The molecule has 7 heteroatoms. The number of aromatic nitrogens is 2. The van der Waals surface area contributed by atoms with E-state index < -0.39 is 0 Å². The molecule has 0 bridgehead atoms. The predicted molar refractivity (Wildman–Crippen MR) is 122 cm³/mol. The number of hydrogen-bond acceptors (Lipinski definition) is 5. The van der Waals surface area contributed by atoms with Crippen molar-refractivity contribution in [3.05, 3.63) is 42.3 Å². The first-order valence-corrected chi connectivity index (χ1v) is 10.7. The van der Waals surface area contributed by atoms with Gasteiger partial charge in [-0.3, -0.25) is 0 Å². The van der Waals surface area contributed by atoms with Crippen molar-refractivity contribution < 1.29 is 14.0 Å². The first kappa shape index (κ1) is 19.9. The SMILES string of the molecule is COc1ccc2c3cn(OC(C)C)c4cc(N5CCN(C)CC5)c(F)cc4c-3nc2c1. The Hall–Kier alpha value is -3.06. The summed E-state index contributed by atoms with van der Waals surface area (Å²) in [6.07, 6.45) is 1.93. The van der Waals surface area contributed by atoms with E-state index in [1.165, 1.54) is 0 Å². The summed E-state index contributed by atoms with van der Waals surface area (Å²) in [7, 11) is 3.73. The lowest BCUT2D eigenvalue weighted by Gasteiger charge is -2.34. The Morgan fingerprint density at radius 3 is 2.52 bits per heavy atom. The standard InChI is InChI=1S/C24H27FN4O2/c1-15(2)31-29-14-19-17-6-5-16(30-4)11-21(17)26-24(19)18-12-20(25)23(13-22(18)29)28-9-7-27(3)8-10-28/h5-6,11-15H,7-10H2,1-4H3. The molecular weight excluding hydrogens is 395 g/mol. The van der Waals surface area contributed by atoms with Gasteiger partial charge in [-0.05, 0) is 45.2 Å². The summed E-state index contributed by atoms with van der Waals surface area (Å²) in [5, 5.41) is 1.73. The van der Waals surface area contributed by atoms with Gasteiger partial charge in [-0.2, -0.15) is 4.73 Å². The van der Waals surface area contributed by atoms with Gasteiger partial charge >= 0.3 is 0 Å². The third-order valence-corrected chi connectivity index (χ3v) is 5.95. The van der Waals surface area contributed by atoms with Crippen molar-refractivity contribution >= 4 is 27.5 Å². The monoisotopic (exact) mass is 422 g/mol. The van der Waals surface area contributed by atoms with Crippen LogP contribution in [0, 0.1) is 5.82 Å². The molecule has 162 valence electrons. The van der Waals surface area contributed by atoms with Crippen molar-refractivity contribution in [2.45, 2.75) is 20.0 Å². The third-order valence-electron chi connectivity index (χ3n) is 5.95. The number of anilines is 1. The number of rotatable bonds is 4. The highest BCUT2D eigenvalue weighted by atomic mass is 19.1. The van der Waals surface area contributed by atoms with Crippen molar-refractivity contribution in [1.82, 2.24) is 14.6 Å². The van der Waals surface area contributed by atoms with Gasteiger partial charge in [0.25, 0.3) is 0 Å². The molecule has 0 saturated carbocycles. The Labute approximate surface area is 181 Å². The van der Waals surface area contributed by atoms with Crippen LogP contribution in [0.1, 0.15) is 13.8 Å². The van der Waals surface area contributed by atoms with Crippen LogP contribution in [-0.2, 0) is 0 Å². The Morgan fingerprint density at radius 2 is 1.81 bits per heavy atom. The fraction of sp³-hybridized carbons (Fsp3) is 0.375. The van der Waals surface area contributed by atoms with E-state index in [1.807, 2.05) is 44.3 Å². The maximum atomic E-state index is 15.3. The van der Waals surface area contributed by atoms with E-state index in [9.17, 15) is 0 Å². The Morgan fingerprint density at radius 1 is 1.03 bits per heavy atom. The maximum Gasteiger partial charge on any atom is 0.147 e. The van der Waals surface area contributed by atoms with E-state index in [0.717, 1.165) is 65.0 Å². The Bertz CT molecular complexity index is 1230. The zero-order valence-corrected chi connectivity index (χ0v) is 18.4. The molecule has 0 aliphatic carbocycles. The predicted octanol–water partition coefficient (Wildman–Crippen LogP) is 4.03. The highest BCUT2D eigenvalue weighted by molar-refractivity contribution is 6.07. The van der Waals surface area contributed by atoms with Gasteiger partial charge in [0.05, 0.1) is 35.7 Å². The fourth-order valence-corrected chi connectivity index (χ4v) is 4.32. The number of methoxy groups -OCH3 is 1. The van der Waals surface area contributed by atoms with Crippen LogP contribution in [0.5, 0.6) is 5.75 Å². The minimum atomic E-state index is -0.231. The quantitative estimate of drug-likeness (QED) is 0.497. The van der Waals surface area contributed by atoms with Crippen LogP contribution in [0.3, 0.4) is 0 Å². The van der Waals surface area contributed by atoms with Crippen molar-refractivity contribution in [1.29, 1.82) is 0 Å². The van der Waals surface area contributed by atoms with E-state index >= 15 is 4.39 Å². The van der Waals surface area contributed by atoms with Gasteiger partial charge in [-0.1, -0.05) is 0 Å². The zero-order valence-electron chi connectivity index (χ0n) is 18.4. The lowest BCUT2D eigenvalue weighted by Crippen LogP contribution is -2.44. The minimum absolute atomic E-state index is 0.0305. The number of nitrogens with zero attached hydrogens (tertiary/aromatic N) is 4. The van der Waals surface area contributed by atoms with Gasteiger partial charge in [0.15, 0.2) is 0 Å². The van der Waals surface area contributed by atoms with Crippen molar-refractivity contribution in [2.75, 3.05) is 45.2 Å². The molecular formula is C24H27FN4O2. The first-order valence-electron chi connectivity index (χ1n) is 10.7. The highest BCUT2D eigenvalue weighted by Gasteiger charge is 2.23. The molecule has 0 N–H and O–H groups in total. The summed E-state index contributed by atoms with van der Waals surface area (Å²) in [6.45, 7) is 7.39. The van der Waals surface area contributed by atoms with Crippen LogP contribution in [-0.4, -0.2) is 61.1 Å². The van der Waals surface area contributed by atoms with Gasteiger partial charge in [0, 0.05) is 48.6 Å².